The predicted octanol–water partition coefficient (Wildman–Crippen LogP) is 1.83. The van der Waals surface area contributed by atoms with Crippen LogP contribution in [0.15, 0.2) is 24.3 Å². The van der Waals surface area contributed by atoms with Crippen molar-refractivity contribution < 1.29 is 9.59 Å². The summed E-state index contributed by atoms with van der Waals surface area (Å²) in [4.78, 5) is 22.6. The Morgan fingerprint density at radius 3 is 2.29 bits per heavy atom. The molecule has 92 valence electrons. The van der Waals surface area contributed by atoms with Crippen molar-refractivity contribution in [2.75, 3.05) is 11.9 Å². The molecule has 17 heavy (non-hydrogen) atoms. The highest BCUT2D eigenvalue weighted by atomic mass is 16.2. The first-order valence-corrected chi connectivity index (χ1v) is 5.69. The minimum absolute atomic E-state index is 0.0355. The third-order valence-electron chi connectivity index (χ3n) is 2.42. The summed E-state index contributed by atoms with van der Waals surface area (Å²) in [5, 5.41) is 5.81. The van der Waals surface area contributed by atoms with Crippen LogP contribution >= 0.6 is 0 Å². The van der Waals surface area contributed by atoms with Crippen LogP contribution in [0.5, 0.6) is 0 Å². The molecule has 1 unspecified atom stereocenters. The van der Waals surface area contributed by atoms with Gasteiger partial charge in [0.2, 0.25) is 5.91 Å². The van der Waals surface area contributed by atoms with Crippen molar-refractivity contribution in [1.82, 2.24) is 5.32 Å². The van der Waals surface area contributed by atoms with Crippen LogP contribution in [0.25, 0.3) is 0 Å². The van der Waals surface area contributed by atoms with Crippen molar-refractivity contribution in [1.29, 1.82) is 0 Å². The summed E-state index contributed by atoms with van der Waals surface area (Å²) in [5.41, 5.74) is 1.50. The molecule has 4 nitrogen and oxygen atoms in total. The van der Waals surface area contributed by atoms with Gasteiger partial charge in [-0.25, -0.2) is 0 Å². The molecule has 0 bridgehead atoms. The molecule has 4 heteroatoms. The molecule has 0 saturated heterocycles. The van der Waals surface area contributed by atoms with Gasteiger partial charge in [-0.15, -0.1) is 0 Å². The topological polar surface area (TPSA) is 58.2 Å². The van der Waals surface area contributed by atoms with Gasteiger partial charge in [0.15, 0.2) is 5.78 Å². The number of hydrogen-bond donors (Lipinski definition) is 2. The Labute approximate surface area is 101 Å². The van der Waals surface area contributed by atoms with Gasteiger partial charge < -0.3 is 10.6 Å². The van der Waals surface area contributed by atoms with E-state index in [1.807, 2.05) is 6.92 Å². The van der Waals surface area contributed by atoms with E-state index in [1.165, 1.54) is 6.92 Å². The third-order valence-corrected chi connectivity index (χ3v) is 2.42. The van der Waals surface area contributed by atoms with E-state index in [9.17, 15) is 9.59 Å². The Morgan fingerprint density at radius 2 is 1.82 bits per heavy atom. The fraction of sp³-hybridized carbons (Fsp3) is 0.385. The van der Waals surface area contributed by atoms with Gasteiger partial charge in [0.25, 0.3) is 0 Å². The maximum absolute atomic E-state index is 11.5. The van der Waals surface area contributed by atoms with Gasteiger partial charge in [0.1, 0.15) is 6.04 Å². The average Bonchev–Trinajstić information content (AvgIpc) is 2.30. The first kappa shape index (κ1) is 13.2. The molecular weight excluding hydrogens is 216 g/mol. The highest BCUT2D eigenvalue weighted by Gasteiger charge is 2.10. The fourth-order valence-corrected chi connectivity index (χ4v) is 1.44. The number of Topliss-reactive ketones (excluding diaryl/α,β-unsaturated/α-hetero) is 1. The lowest BCUT2D eigenvalue weighted by molar-refractivity contribution is -0.121. The van der Waals surface area contributed by atoms with E-state index in [0.717, 1.165) is 5.69 Å². The molecule has 1 aromatic rings. The van der Waals surface area contributed by atoms with E-state index in [-0.39, 0.29) is 17.7 Å². The Balaban J connectivity index is 2.63. The molecular formula is C13H18N2O2. The number of amides is 1. The first-order chi connectivity index (χ1) is 8.04. The maximum Gasteiger partial charge on any atom is 0.242 e. The molecule has 1 aromatic carbocycles. The summed E-state index contributed by atoms with van der Waals surface area (Å²) in [6.07, 6.45) is 0. The normalized spacial score (nSPS) is 11.7. The Morgan fingerprint density at radius 1 is 1.24 bits per heavy atom. The number of nitrogens with one attached hydrogen (secondary N) is 2. The number of anilines is 1. The summed E-state index contributed by atoms with van der Waals surface area (Å²) in [7, 11) is 0. The molecule has 2 N–H and O–H groups in total. The second kappa shape index (κ2) is 6.03. The van der Waals surface area contributed by atoms with E-state index >= 15 is 0 Å². The van der Waals surface area contributed by atoms with E-state index in [2.05, 4.69) is 10.6 Å². The Kier molecular flexibility index (Phi) is 4.69. The average molecular weight is 234 g/mol. The van der Waals surface area contributed by atoms with Gasteiger partial charge in [-0.2, -0.15) is 0 Å². The lowest BCUT2D eigenvalue weighted by atomic mass is 10.1. The van der Waals surface area contributed by atoms with Crippen molar-refractivity contribution in [3.63, 3.8) is 0 Å². The molecule has 0 saturated carbocycles. The molecule has 1 atom stereocenters. The summed E-state index contributed by atoms with van der Waals surface area (Å²) < 4.78 is 0. The largest absolute Gasteiger partial charge is 0.374 e. The van der Waals surface area contributed by atoms with E-state index in [1.54, 1.807) is 31.2 Å². The number of likely N-dealkylation sites (N-methyl/N-ethyl adjacent to an activating group) is 1. The quantitative estimate of drug-likeness (QED) is 0.764. The van der Waals surface area contributed by atoms with E-state index < -0.39 is 0 Å². The monoisotopic (exact) mass is 234 g/mol. The molecule has 0 aromatic heterocycles. The minimum Gasteiger partial charge on any atom is -0.374 e. The first-order valence-electron chi connectivity index (χ1n) is 5.69. The number of benzene rings is 1. The minimum atomic E-state index is -0.293. The lowest BCUT2D eigenvalue weighted by Crippen LogP contribution is -2.37. The predicted molar refractivity (Wildman–Crippen MR) is 68.2 cm³/mol. The van der Waals surface area contributed by atoms with E-state index in [4.69, 9.17) is 0 Å². The van der Waals surface area contributed by atoms with Crippen LogP contribution in [0, 0.1) is 0 Å². The van der Waals surface area contributed by atoms with Crippen LogP contribution < -0.4 is 10.6 Å². The molecule has 0 spiro atoms. The highest BCUT2D eigenvalue weighted by molar-refractivity contribution is 5.94. The molecule has 0 heterocycles. The molecule has 1 rings (SSSR count). The molecule has 0 aliphatic rings. The Hall–Kier alpha value is -1.84. The molecule has 1 amide bonds. The van der Waals surface area contributed by atoms with Gasteiger partial charge in [0.05, 0.1) is 0 Å². The molecule has 0 fully saturated rings. The second-order valence-electron chi connectivity index (χ2n) is 3.89. The van der Waals surface area contributed by atoms with Crippen LogP contribution in [0.4, 0.5) is 5.69 Å². The van der Waals surface area contributed by atoms with Gasteiger partial charge in [-0.3, -0.25) is 9.59 Å². The van der Waals surface area contributed by atoms with Gasteiger partial charge in [-0.05, 0) is 45.0 Å². The molecule has 0 aliphatic carbocycles. The number of carbonyl (C=O) groups excluding carboxylic acids is 2. The van der Waals surface area contributed by atoms with Crippen molar-refractivity contribution >= 4 is 17.4 Å². The van der Waals surface area contributed by atoms with Crippen LogP contribution in [-0.2, 0) is 4.79 Å². The Bertz CT molecular complexity index is 398. The molecule has 0 radical (unpaired) electrons. The van der Waals surface area contributed by atoms with Crippen LogP contribution in [-0.4, -0.2) is 24.3 Å². The zero-order chi connectivity index (χ0) is 12.8. The standard InChI is InChI=1S/C13H18N2O2/c1-4-14-13(17)9(2)15-12-7-5-11(6-8-12)10(3)16/h5-9,15H,4H2,1-3H3,(H,14,17). The number of carbonyl (C=O) groups is 2. The fourth-order valence-electron chi connectivity index (χ4n) is 1.44. The van der Waals surface area contributed by atoms with Gasteiger partial charge in [-0.1, -0.05) is 0 Å². The summed E-state index contributed by atoms with van der Waals surface area (Å²) in [6.45, 7) is 5.82. The van der Waals surface area contributed by atoms with E-state index in [0.29, 0.717) is 12.1 Å². The lowest BCUT2D eigenvalue weighted by Gasteiger charge is -2.14. The van der Waals surface area contributed by atoms with Crippen molar-refractivity contribution in [3.05, 3.63) is 29.8 Å². The second-order valence-corrected chi connectivity index (χ2v) is 3.89. The number of ketones is 1. The molecule has 0 aliphatic heterocycles. The van der Waals surface area contributed by atoms with Gasteiger partial charge >= 0.3 is 0 Å². The zero-order valence-corrected chi connectivity index (χ0v) is 10.4. The zero-order valence-electron chi connectivity index (χ0n) is 10.4. The summed E-state index contributed by atoms with van der Waals surface area (Å²) in [6, 6.07) is 6.79. The number of hydrogen-bond acceptors (Lipinski definition) is 3. The van der Waals surface area contributed by atoms with Crippen LogP contribution in [0.3, 0.4) is 0 Å². The SMILES string of the molecule is CCNC(=O)C(C)Nc1ccc(C(C)=O)cc1. The summed E-state index contributed by atoms with van der Waals surface area (Å²) in [5.74, 6) is -0.00327. The maximum atomic E-state index is 11.5. The number of rotatable bonds is 5. The summed E-state index contributed by atoms with van der Waals surface area (Å²) >= 11 is 0. The third kappa shape index (κ3) is 3.90. The van der Waals surface area contributed by atoms with Crippen LogP contribution in [0.1, 0.15) is 31.1 Å². The van der Waals surface area contributed by atoms with Crippen molar-refractivity contribution in [3.8, 4) is 0 Å². The highest BCUT2D eigenvalue weighted by Crippen LogP contribution is 2.11. The van der Waals surface area contributed by atoms with Gasteiger partial charge in [0, 0.05) is 17.8 Å². The van der Waals surface area contributed by atoms with Crippen molar-refractivity contribution in [2.24, 2.45) is 0 Å². The van der Waals surface area contributed by atoms with Crippen LogP contribution in [0.2, 0.25) is 0 Å². The smallest absolute Gasteiger partial charge is 0.242 e. The van der Waals surface area contributed by atoms with Crippen molar-refractivity contribution in [2.45, 2.75) is 26.8 Å².